The molecule has 2 N–H and O–H groups in total. The van der Waals surface area contributed by atoms with E-state index in [1.807, 2.05) is 36.4 Å². The third-order valence-electron chi connectivity index (χ3n) is 6.04. The Kier molecular flexibility index (Phi) is 7.25. The Morgan fingerprint density at radius 3 is 2.66 bits per heavy atom. The summed E-state index contributed by atoms with van der Waals surface area (Å²) >= 11 is 10.6. The predicted octanol–water partition coefficient (Wildman–Crippen LogP) is 5.00. The smallest absolute Gasteiger partial charge is 0.271 e. The summed E-state index contributed by atoms with van der Waals surface area (Å²) in [6, 6.07) is 18.9. The molecule has 5 rings (SSSR count). The van der Waals surface area contributed by atoms with Crippen molar-refractivity contribution in [2.75, 3.05) is 12.4 Å². The van der Waals surface area contributed by atoms with E-state index in [0.717, 1.165) is 0 Å². The van der Waals surface area contributed by atoms with Crippen molar-refractivity contribution in [3.63, 3.8) is 0 Å². The number of hydrogen-bond donors (Lipinski definition) is 2. The maximum atomic E-state index is 13.8. The molecule has 0 aliphatic carbocycles. The Bertz CT molecular complexity index is 1760. The summed E-state index contributed by atoms with van der Waals surface area (Å²) in [7, 11) is 1.57. The minimum absolute atomic E-state index is 0.0759. The number of aromatic nitrogens is 1. The molecule has 1 atom stereocenters. The number of thiazole rings is 1. The number of benzene rings is 3. The zero-order valence-corrected chi connectivity index (χ0v) is 23.4. The van der Waals surface area contributed by atoms with Crippen molar-refractivity contribution >= 4 is 56.5 Å². The van der Waals surface area contributed by atoms with Crippen LogP contribution in [0.2, 0.25) is 5.02 Å². The Balaban J connectivity index is 1.70. The number of phenols is 1. The first-order chi connectivity index (χ1) is 18.3. The average molecular weight is 611 g/mol. The lowest BCUT2D eigenvalue weighted by molar-refractivity contribution is -0.113. The monoisotopic (exact) mass is 609 g/mol. The first-order valence-corrected chi connectivity index (χ1v) is 13.5. The molecule has 0 saturated carbocycles. The molecule has 0 saturated heterocycles. The van der Waals surface area contributed by atoms with Crippen molar-refractivity contribution in [1.82, 2.24) is 4.57 Å². The van der Waals surface area contributed by atoms with Crippen LogP contribution in [-0.4, -0.2) is 22.7 Å². The van der Waals surface area contributed by atoms with Gasteiger partial charge < -0.3 is 15.2 Å². The number of halogens is 2. The third kappa shape index (κ3) is 4.92. The summed E-state index contributed by atoms with van der Waals surface area (Å²) in [4.78, 5) is 32.6. The van der Waals surface area contributed by atoms with Crippen LogP contribution in [0.25, 0.3) is 6.08 Å². The normalized spacial score (nSPS) is 15.2. The van der Waals surface area contributed by atoms with E-state index in [2.05, 4.69) is 26.2 Å². The molecule has 4 aromatic rings. The maximum absolute atomic E-state index is 13.8. The Labute approximate surface area is 235 Å². The van der Waals surface area contributed by atoms with Gasteiger partial charge in [-0.3, -0.25) is 14.2 Å². The van der Waals surface area contributed by atoms with Gasteiger partial charge in [0.15, 0.2) is 4.80 Å². The lowest BCUT2D eigenvalue weighted by atomic mass is 9.95. The van der Waals surface area contributed by atoms with Gasteiger partial charge >= 0.3 is 0 Å². The maximum Gasteiger partial charge on any atom is 0.271 e. The van der Waals surface area contributed by atoms with Gasteiger partial charge in [-0.15, -0.1) is 0 Å². The number of carbonyl (C=O) groups is 1. The molecule has 2 heterocycles. The fourth-order valence-corrected chi connectivity index (χ4v) is 6.15. The fourth-order valence-electron chi connectivity index (χ4n) is 4.28. The molecule has 1 aliphatic rings. The molecule has 192 valence electrons. The van der Waals surface area contributed by atoms with Crippen LogP contribution in [0.5, 0.6) is 11.5 Å². The Hall–Kier alpha value is -3.66. The third-order valence-corrected chi connectivity index (χ3v) is 7.92. The number of phenolic OH excluding ortho intramolecular Hbond substituents is 1. The SMILES string of the molecule is COc1cccc(C2C(C(=O)Nc3ccccc3)=C(C)N=c3sc(=Cc4cc(Cl)c(O)c(Br)c4)c(=O)n32)c1. The van der Waals surface area contributed by atoms with Crippen molar-refractivity contribution in [2.45, 2.75) is 13.0 Å². The van der Waals surface area contributed by atoms with Crippen molar-refractivity contribution < 1.29 is 14.6 Å². The van der Waals surface area contributed by atoms with Gasteiger partial charge in [0.2, 0.25) is 0 Å². The topological polar surface area (TPSA) is 92.9 Å². The highest BCUT2D eigenvalue weighted by molar-refractivity contribution is 9.10. The van der Waals surface area contributed by atoms with E-state index < -0.39 is 6.04 Å². The second-order valence-corrected chi connectivity index (χ2v) is 10.8. The summed E-state index contributed by atoms with van der Waals surface area (Å²) in [5, 5.41) is 13.1. The van der Waals surface area contributed by atoms with Gasteiger partial charge in [0.1, 0.15) is 11.5 Å². The molecular weight excluding hydrogens is 590 g/mol. The minimum atomic E-state index is -0.734. The van der Waals surface area contributed by atoms with Crippen molar-refractivity contribution in [1.29, 1.82) is 0 Å². The number of fused-ring (bicyclic) bond motifs is 1. The second-order valence-electron chi connectivity index (χ2n) is 8.51. The van der Waals surface area contributed by atoms with Crippen molar-refractivity contribution in [3.05, 3.63) is 118 Å². The molecule has 3 aromatic carbocycles. The number of amides is 1. The molecule has 38 heavy (non-hydrogen) atoms. The van der Waals surface area contributed by atoms with Gasteiger partial charge in [-0.05, 0) is 76.5 Å². The van der Waals surface area contributed by atoms with E-state index >= 15 is 0 Å². The summed E-state index contributed by atoms with van der Waals surface area (Å²) < 4.78 is 7.78. The van der Waals surface area contributed by atoms with Gasteiger partial charge in [0, 0.05) is 5.69 Å². The highest BCUT2D eigenvalue weighted by atomic mass is 79.9. The highest BCUT2D eigenvalue weighted by Crippen LogP contribution is 2.34. The van der Waals surface area contributed by atoms with E-state index in [0.29, 0.717) is 47.6 Å². The number of nitrogens with one attached hydrogen (secondary N) is 1. The van der Waals surface area contributed by atoms with Crippen LogP contribution in [0.15, 0.2) is 92.3 Å². The number of aromatic hydroxyl groups is 1. The lowest BCUT2D eigenvalue weighted by Crippen LogP contribution is -2.40. The van der Waals surface area contributed by atoms with Crippen LogP contribution in [0, 0.1) is 0 Å². The van der Waals surface area contributed by atoms with Gasteiger partial charge in [-0.25, -0.2) is 4.99 Å². The molecule has 1 aromatic heterocycles. The van der Waals surface area contributed by atoms with E-state index in [4.69, 9.17) is 16.3 Å². The molecule has 10 heteroatoms. The minimum Gasteiger partial charge on any atom is -0.505 e. The number of allylic oxidation sites excluding steroid dienone is 1. The van der Waals surface area contributed by atoms with Gasteiger partial charge in [0.25, 0.3) is 11.5 Å². The molecule has 7 nitrogen and oxygen atoms in total. The molecule has 0 spiro atoms. The molecule has 1 aliphatic heterocycles. The lowest BCUT2D eigenvalue weighted by Gasteiger charge is -2.25. The zero-order chi connectivity index (χ0) is 27.0. The zero-order valence-electron chi connectivity index (χ0n) is 20.2. The van der Waals surface area contributed by atoms with Crippen LogP contribution in [0.4, 0.5) is 5.69 Å². The van der Waals surface area contributed by atoms with Crippen molar-refractivity contribution in [3.8, 4) is 11.5 Å². The fraction of sp³-hybridized carbons (Fsp3) is 0.107. The Morgan fingerprint density at radius 2 is 1.95 bits per heavy atom. The molecule has 1 unspecified atom stereocenters. The number of anilines is 1. The average Bonchev–Trinajstić information content (AvgIpc) is 3.20. The number of methoxy groups -OCH3 is 1. The summed E-state index contributed by atoms with van der Waals surface area (Å²) in [5.74, 6) is 0.174. The van der Waals surface area contributed by atoms with Crippen LogP contribution >= 0.6 is 38.9 Å². The number of hydrogen-bond acceptors (Lipinski definition) is 6. The van der Waals surface area contributed by atoms with Crippen molar-refractivity contribution in [2.24, 2.45) is 4.99 Å². The molecular formula is C28H21BrClN3O4S. The quantitative estimate of drug-likeness (QED) is 0.333. The summed E-state index contributed by atoms with van der Waals surface area (Å²) in [6.45, 7) is 1.76. The van der Waals surface area contributed by atoms with Crippen LogP contribution in [-0.2, 0) is 4.79 Å². The van der Waals surface area contributed by atoms with Crippen LogP contribution < -0.4 is 24.9 Å². The highest BCUT2D eigenvalue weighted by Gasteiger charge is 2.32. The number of carbonyl (C=O) groups excluding carboxylic acids is 1. The first kappa shape index (κ1) is 26.0. The van der Waals surface area contributed by atoms with Crippen LogP contribution in [0.1, 0.15) is 24.1 Å². The first-order valence-electron chi connectivity index (χ1n) is 11.5. The largest absolute Gasteiger partial charge is 0.505 e. The Morgan fingerprint density at radius 1 is 1.18 bits per heavy atom. The number of nitrogens with zero attached hydrogens (tertiary/aromatic N) is 2. The van der Waals surface area contributed by atoms with Crippen LogP contribution in [0.3, 0.4) is 0 Å². The second kappa shape index (κ2) is 10.6. The van der Waals surface area contributed by atoms with E-state index in [1.54, 1.807) is 50.4 Å². The van der Waals surface area contributed by atoms with E-state index in [9.17, 15) is 14.7 Å². The standard InChI is InChI=1S/C28H21BrClN3O4S/c1-15-23(26(35)32-18-8-4-3-5-9-18)24(17-7-6-10-19(14-17)37-2)33-27(36)22(38-28(33)31-15)13-16-11-20(29)25(34)21(30)12-16/h3-14,24,34H,1-2H3,(H,32,35). The van der Waals surface area contributed by atoms with E-state index in [-0.39, 0.29) is 22.2 Å². The van der Waals surface area contributed by atoms with Gasteiger partial charge in [0.05, 0.1) is 38.4 Å². The molecule has 1 amide bonds. The summed E-state index contributed by atoms with van der Waals surface area (Å²) in [5.41, 5.74) is 2.53. The predicted molar refractivity (Wildman–Crippen MR) is 153 cm³/mol. The summed E-state index contributed by atoms with van der Waals surface area (Å²) in [6.07, 6.45) is 1.69. The molecule has 0 radical (unpaired) electrons. The molecule has 0 fully saturated rings. The number of ether oxygens (including phenoxy) is 1. The van der Waals surface area contributed by atoms with Gasteiger partial charge in [-0.2, -0.15) is 0 Å². The number of rotatable bonds is 5. The molecule has 0 bridgehead atoms. The number of para-hydroxylation sites is 1. The van der Waals surface area contributed by atoms with Gasteiger partial charge in [-0.1, -0.05) is 53.3 Å². The van der Waals surface area contributed by atoms with E-state index in [1.165, 1.54) is 15.9 Å².